The Labute approximate surface area is 188 Å². The second-order valence-electron chi connectivity index (χ2n) is 10.1. The molecular formula is C26H39ClN2O. The second kappa shape index (κ2) is 10.3. The Morgan fingerprint density at radius 3 is 2.73 bits per heavy atom. The summed E-state index contributed by atoms with van der Waals surface area (Å²) in [6, 6.07) is 8.06. The van der Waals surface area contributed by atoms with Crippen molar-refractivity contribution in [3.63, 3.8) is 0 Å². The highest BCUT2D eigenvalue weighted by Crippen LogP contribution is 2.41. The molecule has 2 aliphatic rings. The highest BCUT2D eigenvalue weighted by molar-refractivity contribution is 6.22. The molecule has 0 aromatic heterocycles. The number of rotatable bonds is 8. The van der Waals surface area contributed by atoms with Gasteiger partial charge in [0.25, 0.3) is 0 Å². The molecule has 1 heterocycles. The minimum absolute atomic E-state index is 0.162. The molecule has 166 valence electrons. The van der Waals surface area contributed by atoms with Crippen LogP contribution in [0.25, 0.3) is 0 Å². The molecule has 2 N–H and O–H groups in total. The maximum atomic E-state index is 9.66. The molecule has 0 bridgehead atoms. The van der Waals surface area contributed by atoms with Crippen molar-refractivity contribution >= 4 is 11.6 Å². The third kappa shape index (κ3) is 6.35. The summed E-state index contributed by atoms with van der Waals surface area (Å²) < 4.78 is 0. The smallest absolute Gasteiger partial charge is 0.115 e. The Kier molecular flexibility index (Phi) is 8.06. The summed E-state index contributed by atoms with van der Waals surface area (Å²) in [5.41, 5.74) is 2.93. The maximum Gasteiger partial charge on any atom is 0.115 e. The van der Waals surface area contributed by atoms with Gasteiger partial charge >= 0.3 is 0 Å². The van der Waals surface area contributed by atoms with Crippen LogP contribution in [0.4, 0.5) is 0 Å². The first-order valence-corrected chi connectivity index (χ1v) is 11.9. The quantitative estimate of drug-likeness (QED) is 0.542. The Morgan fingerprint density at radius 1 is 1.30 bits per heavy atom. The third-order valence-electron chi connectivity index (χ3n) is 6.78. The van der Waals surface area contributed by atoms with Crippen LogP contribution in [0.2, 0.25) is 0 Å². The van der Waals surface area contributed by atoms with Crippen LogP contribution in [0.5, 0.6) is 5.75 Å². The first-order valence-electron chi connectivity index (χ1n) is 11.5. The zero-order valence-corrected chi connectivity index (χ0v) is 19.8. The molecule has 1 aliphatic heterocycles. The standard InChI is InChI=1S/C26H39ClN2O/c1-19(2)25(28-14-12-20-6-5-7-23(30)16-20)17-29-15-13-24(26(3,4)18-29)21-8-10-22(27)11-9-21/h5-10,16,19,22,24-25,28,30H,11-15,17-18H2,1-4H3/t22?,24-,25+/m1/s1. The number of likely N-dealkylation sites (tertiary alicyclic amines) is 1. The Morgan fingerprint density at radius 2 is 2.10 bits per heavy atom. The summed E-state index contributed by atoms with van der Waals surface area (Å²) in [7, 11) is 0. The maximum absolute atomic E-state index is 9.66. The number of benzene rings is 1. The van der Waals surface area contributed by atoms with E-state index >= 15 is 0 Å². The van der Waals surface area contributed by atoms with Crippen LogP contribution >= 0.6 is 11.6 Å². The topological polar surface area (TPSA) is 35.5 Å². The number of hydrogen-bond acceptors (Lipinski definition) is 3. The monoisotopic (exact) mass is 430 g/mol. The fourth-order valence-corrected chi connectivity index (χ4v) is 5.18. The van der Waals surface area contributed by atoms with Crippen LogP contribution in [-0.4, -0.2) is 47.6 Å². The van der Waals surface area contributed by atoms with Crippen molar-refractivity contribution in [2.24, 2.45) is 17.3 Å². The number of hydrogen-bond donors (Lipinski definition) is 2. The Balaban J connectivity index is 1.53. The van der Waals surface area contributed by atoms with Gasteiger partial charge in [0, 0.05) is 19.1 Å². The molecule has 0 saturated carbocycles. The minimum Gasteiger partial charge on any atom is -0.508 e. The Hall–Kier alpha value is -1.29. The van der Waals surface area contributed by atoms with Gasteiger partial charge in [-0.2, -0.15) is 0 Å². The number of nitrogens with zero attached hydrogens (tertiary/aromatic N) is 1. The molecule has 0 spiro atoms. The van der Waals surface area contributed by atoms with Gasteiger partial charge in [0.15, 0.2) is 0 Å². The average Bonchev–Trinajstić information content (AvgIpc) is 2.67. The van der Waals surface area contributed by atoms with Gasteiger partial charge in [0.1, 0.15) is 5.75 Å². The van der Waals surface area contributed by atoms with Crippen LogP contribution in [0.1, 0.15) is 46.1 Å². The van der Waals surface area contributed by atoms with Gasteiger partial charge in [0.05, 0.1) is 5.38 Å². The van der Waals surface area contributed by atoms with Gasteiger partial charge in [-0.25, -0.2) is 0 Å². The van der Waals surface area contributed by atoms with Crippen molar-refractivity contribution in [1.29, 1.82) is 0 Å². The van der Waals surface area contributed by atoms with E-state index in [-0.39, 0.29) is 10.8 Å². The van der Waals surface area contributed by atoms with Crippen LogP contribution in [0.15, 0.2) is 48.1 Å². The fraction of sp³-hybridized carbons (Fsp3) is 0.615. The number of phenolic OH excluding ortho intramolecular Hbond substituents is 1. The third-order valence-corrected chi connectivity index (χ3v) is 7.10. The SMILES string of the molecule is CC(C)[C@H](CN1CC[C@H](C2=CCC(Cl)C=C2)C(C)(C)C1)NCCc1cccc(O)c1. The first kappa shape index (κ1) is 23.4. The van der Waals surface area contributed by atoms with E-state index in [0.717, 1.165) is 39.0 Å². The number of allylic oxidation sites excluding steroid dienone is 4. The van der Waals surface area contributed by atoms with Crippen LogP contribution in [-0.2, 0) is 6.42 Å². The van der Waals surface area contributed by atoms with Crippen molar-refractivity contribution < 1.29 is 5.11 Å². The molecule has 1 aromatic carbocycles. The lowest BCUT2D eigenvalue weighted by molar-refractivity contribution is 0.0633. The van der Waals surface area contributed by atoms with E-state index < -0.39 is 0 Å². The molecule has 3 atom stereocenters. The highest BCUT2D eigenvalue weighted by atomic mass is 35.5. The average molecular weight is 431 g/mol. The molecule has 3 nitrogen and oxygen atoms in total. The van der Waals surface area contributed by atoms with Crippen LogP contribution in [0.3, 0.4) is 0 Å². The summed E-state index contributed by atoms with van der Waals surface area (Å²) in [5, 5.41) is 13.6. The molecule has 30 heavy (non-hydrogen) atoms. The van der Waals surface area contributed by atoms with E-state index in [1.54, 1.807) is 6.07 Å². The molecule has 1 aliphatic carbocycles. The van der Waals surface area contributed by atoms with E-state index in [4.69, 9.17) is 11.6 Å². The largest absolute Gasteiger partial charge is 0.508 e. The normalized spacial score (nSPS) is 25.3. The molecule has 1 unspecified atom stereocenters. The van der Waals surface area contributed by atoms with Gasteiger partial charge in [-0.15, -0.1) is 11.6 Å². The van der Waals surface area contributed by atoms with Gasteiger partial charge < -0.3 is 15.3 Å². The zero-order valence-electron chi connectivity index (χ0n) is 19.1. The molecule has 3 rings (SSSR count). The van der Waals surface area contributed by atoms with Crippen molar-refractivity contribution in [3.05, 3.63) is 53.6 Å². The molecule has 1 fully saturated rings. The van der Waals surface area contributed by atoms with Gasteiger partial charge in [-0.3, -0.25) is 0 Å². The minimum atomic E-state index is 0.162. The summed E-state index contributed by atoms with van der Waals surface area (Å²) in [5.74, 6) is 1.55. The van der Waals surface area contributed by atoms with Gasteiger partial charge in [-0.1, -0.05) is 58.1 Å². The Bertz CT molecular complexity index is 755. The summed E-state index contributed by atoms with van der Waals surface area (Å²) in [6.45, 7) is 13.8. The van der Waals surface area contributed by atoms with E-state index in [9.17, 15) is 5.11 Å². The lowest BCUT2D eigenvalue weighted by Crippen LogP contribution is -2.52. The van der Waals surface area contributed by atoms with E-state index in [1.165, 1.54) is 17.6 Å². The predicted octanol–water partition coefficient (Wildman–Crippen LogP) is 5.39. The van der Waals surface area contributed by atoms with Crippen molar-refractivity contribution in [1.82, 2.24) is 10.2 Å². The summed E-state index contributed by atoms with van der Waals surface area (Å²) in [4.78, 5) is 2.65. The first-order chi connectivity index (χ1) is 14.2. The zero-order chi connectivity index (χ0) is 21.7. The number of halogens is 1. The van der Waals surface area contributed by atoms with E-state index in [2.05, 4.69) is 62.2 Å². The highest BCUT2D eigenvalue weighted by Gasteiger charge is 2.38. The molecule has 0 radical (unpaired) electrons. The molecule has 4 heteroatoms. The predicted molar refractivity (Wildman–Crippen MR) is 128 cm³/mol. The van der Waals surface area contributed by atoms with Crippen molar-refractivity contribution in [2.45, 2.75) is 58.4 Å². The number of alkyl halides is 1. The number of piperidine rings is 1. The van der Waals surface area contributed by atoms with Crippen molar-refractivity contribution in [3.8, 4) is 5.75 Å². The molecule has 0 amide bonds. The van der Waals surface area contributed by atoms with Gasteiger partial charge in [-0.05, 0) is 72.9 Å². The van der Waals surface area contributed by atoms with Crippen molar-refractivity contribution in [2.75, 3.05) is 26.2 Å². The van der Waals surface area contributed by atoms with Gasteiger partial charge in [0.2, 0.25) is 0 Å². The lowest BCUT2D eigenvalue weighted by Gasteiger charge is -2.46. The van der Waals surface area contributed by atoms with Crippen LogP contribution in [0, 0.1) is 17.3 Å². The number of aromatic hydroxyl groups is 1. The number of nitrogens with one attached hydrogen (secondary N) is 1. The molecule has 1 saturated heterocycles. The van der Waals surface area contributed by atoms with Crippen LogP contribution < -0.4 is 5.32 Å². The number of phenols is 1. The molecule has 1 aromatic rings. The molecular weight excluding hydrogens is 392 g/mol. The summed E-state index contributed by atoms with van der Waals surface area (Å²) in [6.07, 6.45) is 9.90. The fourth-order valence-electron chi connectivity index (χ4n) is 5.01. The lowest BCUT2D eigenvalue weighted by atomic mass is 9.69. The summed E-state index contributed by atoms with van der Waals surface area (Å²) >= 11 is 6.23. The second-order valence-corrected chi connectivity index (χ2v) is 10.7. The van der Waals surface area contributed by atoms with E-state index in [0.29, 0.717) is 23.6 Å². The van der Waals surface area contributed by atoms with E-state index in [1.807, 2.05) is 12.1 Å².